The van der Waals surface area contributed by atoms with E-state index in [0.717, 1.165) is 56.5 Å². The van der Waals surface area contributed by atoms with E-state index >= 15 is 0 Å². The van der Waals surface area contributed by atoms with Gasteiger partial charge in [-0.3, -0.25) is 14.4 Å². The van der Waals surface area contributed by atoms with Crippen LogP contribution in [0, 0.1) is 38.4 Å². The number of nitrogens with one attached hydrogen (secondary N) is 7. The van der Waals surface area contributed by atoms with Crippen LogP contribution in [0.5, 0.6) is 0 Å². The van der Waals surface area contributed by atoms with E-state index in [2.05, 4.69) is 210 Å². The lowest BCUT2D eigenvalue weighted by Gasteiger charge is -2.37. The van der Waals surface area contributed by atoms with Crippen LogP contribution in [-0.4, -0.2) is 285 Å². The first-order valence-corrected chi connectivity index (χ1v) is 44.6. The van der Waals surface area contributed by atoms with Crippen LogP contribution in [0.15, 0.2) is 0 Å². The van der Waals surface area contributed by atoms with Gasteiger partial charge in [0.05, 0.1) is 13.2 Å². The zero-order valence-electron chi connectivity index (χ0n) is 76.5. The van der Waals surface area contributed by atoms with E-state index in [1.165, 1.54) is 24.3 Å². The van der Waals surface area contributed by atoms with Gasteiger partial charge in [-0.15, -0.1) is 0 Å². The summed E-state index contributed by atoms with van der Waals surface area (Å²) in [4.78, 5) is 38.6. The van der Waals surface area contributed by atoms with Crippen molar-refractivity contribution < 1.29 is 57.5 Å². The molecule has 0 aromatic rings. The van der Waals surface area contributed by atoms with Gasteiger partial charge in [0.1, 0.15) is 0 Å². The van der Waals surface area contributed by atoms with Crippen LogP contribution in [0.3, 0.4) is 0 Å². The zero-order chi connectivity index (χ0) is 87.0. The summed E-state index contributed by atoms with van der Waals surface area (Å²) in [5.41, 5.74) is 0.101. The van der Waals surface area contributed by atoms with Crippen LogP contribution < -0.4 is 36.6 Å². The molecule has 4 rings (SSSR count). The van der Waals surface area contributed by atoms with E-state index < -0.39 is 42.7 Å². The lowest BCUT2D eigenvalue weighted by atomic mass is 9.86. The fourth-order valence-electron chi connectivity index (χ4n) is 11.3. The Morgan fingerprint density at radius 2 is 0.727 bits per heavy atom. The summed E-state index contributed by atoms with van der Waals surface area (Å²) in [6.45, 7) is 69.6. The maximum absolute atomic E-state index is 12.6. The van der Waals surface area contributed by atoms with Crippen LogP contribution in [-0.2, 0) is 49.7 Å². The number of alkyl halides is 3. The average molecular weight is 1640 g/mol. The third-order valence-corrected chi connectivity index (χ3v) is 24.9. The third-order valence-electron chi connectivity index (χ3n) is 19.4. The number of carbonyl (C=O) groups excluding carboxylic acids is 3. The highest BCUT2D eigenvalue weighted by Gasteiger charge is 2.45. The lowest BCUT2D eigenvalue weighted by molar-refractivity contribution is -0.184. The molecule has 1 heterocycles. The highest BCUT2D eigenvalue weighted by Crippen LogP contribution is 2.34. The maximum Gasteiger partial charge on any atom is 0.471 e. The number of hydrogen-bond donors (Lipinski definition) is 7. The normalized spacial score (nSPS) is 17.8. The summed E-state index contributed by atoms with van der Waals surface area (Å²) < 4.78 is 127. The van der Waals surface area contributed by atoms with Gasteiger partial charge in [0, 0.05) is 199 Å². The topological polar surface area (TPSA) is 273 Å². The second-order valence-corrected chi connectivity index (χ2v) is 45.5. The van der Waals surface area contributed by atoms with E-state index in [0.29, 0.717) is 100 Å². The van der Waals surface area contributed by atoms with Crippen molar-refractivity contribution in [2.24, 2.45) is 38.4 Å². The Kier molecular flexibility index (Phi) is 46.4. The van der Waals surface area contributed by atoms with Gasteiger partial charge in [-0.05, 0) is 71.0 Å². The van der Waals surface area contributed by atoms with Crippen molar-refractivity contribution in [2.45, 2.75) is 344 Å². The Labute approximate surface area is 672 Å². The second-order valence-electron chi connectivity index (χ2n) is 39.5. The molecular formula is C79H168F3N15O10S3. The second kappa shape index (κ2) is 46.6. The predicted molar refractivity (Wildman–Crippen MR) is 450 cm³/mol. The molecule has 110 heavy (non-hydrogen) atoms. The highest BCUT2D eigenvalue weighted by molar-refractivity contribution is 7.87. The van der Waals surface area contributed by atoms with Gasteiger partial charge in [-0.2, -0.15) is 60.0 Å². The van der Waals surface area contributed by atoms with Crippen molar-refractivity contribution in [1.82, 2.24) is 72.8 Å². The molecule has 3 amide bonds. The van der Waals surface area contributed by atoms with Gasteiger partial charge in [-0.25, -0.2) is 4.72 Å². The Morgan fingerprint density at radius 3 is 1.01 bits per heavy atom. The summed E-state index contributed by atoms with van der Waals surface area (Å²) in [5.74, 6) is -1.04. The molecule has 3 aliphatic carbocycles. The van der Waals surface area contributed by atoms with E-state index in [1.807, 2.05) is 53.6 Å². The SMILES string of the molecule is CC(=O)N(C)C[C@@H](NC(C)C)C(C)(C)C.CC(C)N[C@H](CN(C)C(=O)C(F)(F)F)C(C)(C)C.CC(C)N[C@H](CN(C)C(=O)C1CC1)C(C)(C)C.CC(C)N[C@H](CN(C)S(=O)(=O)N1CCOCC1)C(C)(C)C.CC(C)N[C@H](CN(C1CC1)S(=O)(=O)N(C)C)C(C)(C)C.CC(C)N[C@H](CNS(=O)(=O)N(C)C1CC1)C(C)(C)C. The molecule has 0 bridgehead atoms. The zero-order valence-corrected chi connectivity index (χ0v) is 78.9. The van der Waals surface area contributed by atoms with Gasteiger partial charge in [0.15, 0.2) is 0 Å². The number of rotatable bonds is 33. The molecule has 4 fully saturated rings. The first kappa shape index (κ1) is 110. The van der Waals surface area contributed by atoms with Crippen molar-refractivity contribution in [3.63, 3.8) is 0 Å². The Balaban J connectivity index is 0. The quantitative estimate of drug-likeness (QED) is 0.0322. The van der Waals surface area contributed by atoms with Crippen LogP contribution in [0.25, 0.3) is 0 Å². The van der Waals surface area contributed by atoms with Gasteiger partial charge in [-0.1, -0.05) is 208 Å². The van der Waals surface area contributed by atoms with E-state index in [4.69, 9.17) is 4.74 Å². The molecule has 0 aromatic heterocycles. The van der Waals surface area contributed by atoms with Crippen LogP contribution in [0.2, 0.25) is 0 Å². The maximum atomic E-state index is 12.6. The predicted octanol–water partition coefficient (Wildman–Crippen LogP) is 10.5. The molecule has 4 aliphatic rings. The Bertz CT molecular complexity index is 2980. The molecule has 0 radical (unpaired) electrons. The molecule has 3 saturated carbocycles. The molecule has 1 saturated heterocycles. The molecule has 0 unspecified atom stereocenters. The minimum atomic E-state index is -4.81. The van der Waals surface area contributed by atoms with E-state index in [-0.39, 0.29) is 87.2 Å². The number of hydrogen-bond acceptors (Lipinski definition) is 16. The Morgan fingerprint density at radius 1 is 0.427 bits per heavy atom. The molecule has 6 atom stereocenters. The Hall–Kier alpha value is -2.47. The van der Waals surface area contributed by atoms with Gasteiger partial charge < -0.3 is 51.3 Å². The minimum absolute atomic E-state index is 0.00490. The highest BCUT2D eigenvalue weighted by atomic mass is 32.2. The summed E-state index contributed by atoms with van der Waals surface area (Å²) >= 11 is 0. The number of likely N-dealkylation sites (N-methyl/N-ethyl adjacent to an activating group) is 4. The standard InChI is InChI=1S/C14H31N3O3S.C14H31N3O2S.C14H28N2O.C13H29N3O2S.C12H23F3N2O.C12H26N2O/c1-12(2)15-13(14(3,4)5)11-16(6)21(18,19)17-7-9-20-10-8-17;1-11(2)15-13(14(3,4)5)10-17(12-8-9-12)20(18,19)16(6)7;1-10(2)15-12(14(3,4)5)9-16(6)13(17)11-7-8-11;1-10(2)15-12(13(3,4)5)9-14-19(17,18)16(6)11-7-8-11;1-8(2)16-9(11(3,4)5)7-17(6)10(18)12(13,14)15;1-9(2)13-11(12(4,5)6)8-14(7)10(3)15/h12-13,15H,7-11H2,1-6H3;11-13,15H,8-10H2,1-7H3;10-12,15H,7-9H2,1-6H3;10-12,14-15H,7-9H2,1-6H3;8-9,16H,7H2,1-6H3;9,11,13H,8H2,1-7H3/t2*13-;2*12-;9-;11-/m111111/s1. The first-order valence-electron chi connectivity index (χ1n) is 40.3. The molecule has 25 nitrogen and oxygen atoms in total. The smallest absolute Gasteiger partial charge is 0.379 e. The minimum Gasteiger partial charge on any atom is -0.379 e. The molecule has 7 N–H and O–H groups in total. The fraction of sp³-hybridized carbons (Fsp3) is 0.962. The molecule has 0 aromatic carbocycles. The molecule has 31 heteroatoms. The van der Waals surface area contributed by atoms with Crippen molar-refractivity contribution in [2.75, 3.05) is 115 Å². The van der Waals surface area contributed by atoms with Crippen molar-refractivity contribution in [3.05, 3.63) is 0 Å². The lowest BCUT2D eigenvalue weighted by Crippen LogP contribution is -2.54. The number of morpholine rings is 1. The van der Waals surface area contributed by atoms with Crippen LogP contribution in [0.4, 0.5) is 13.2 Å². The van der Waals surface area contributed by atoms with E-state index in [9.17, 15) is 52.8 Å². The van der Waals surface area contributed by atoms with Crippen molar-refractivity contribution >= 4 is 48.3 Å². The number of halogens is 3. The summed E-state index contributed by atoms with van der Waals surface area (Å²) in [6.07, 6.45) is 1.27. The summed E-state index contributed by atoms with van der Waals surface area (Å²) in [6, 6.07) is 3.19. The molecular weight excluding hydrogens is 1470 g/mol. The third kappa shape index (κ3) is 44.7. The van der Waals surface area contributed by atoms with Crippen LogP contribution in [0.1, 0.15) is 253 Å². The number of nitrogens with zero attached hydrogens (tertiary/aromatic N) is 8. The first-order chi connectivity index (χ1) is 49.3. The molecule has 658 valence electrons. The summed E-state index contributed by atoms with van der Waals surface area (Å²) in [7, 11) is 1.39. The number of ether oxygens (including phenoxy) is 1. The number of amides is 3. The van der Waals surface area contributed by atoms with Crippen molar-refractivity contribution in [3.8, 4) is 0 Å². The average Bonchev–Trinajstić information content (AvgIpc) is 1.58. The van der Waals surface area contributed by atoms with Gasteiger partial charge in [0.25, 0.3) is 30.6 Å². The fourth-order valence-corrected chi connectivity index (χ4v) is 15.2. The largest absolute Gasteiger partial charge is 0.471 e. The van der Waals surface area contributed by atoms with E-state index in [1.54, 1.807) is 44.3 Å². The monoisotopic (exact) mass is 1640 g/mol. The van der Waals surface area contributed by atoms with Gasteiger partial charge >= 0.3 is 12.1 Å². The number of carbonyl (C=O) groups is 3. The summed E-state index contributed by atoms with van der Waals surface area (Å²) in [5, 5.41) is 20.7. The van der Waals surface area contributed by atoms with Gasteiger partial charge in [0.2, 0.25) is 11.8 Å². The molecule has 1 aliphatic heterocycles. The van der Waals surface area contributed by atoms with Crippen molar-refractivity contribution in [1.29, 1.82) is 0 Å². The van der Waals surface area contributed by atoms with Crippen LogP contribution >= 0.6 is 0 Å². The molecule has 0 spiro atoms.